The second-order valence-corrected chi connectivity index (χ2v) is 5.95. The summed E-state index contributed by atoms with van der Waals surface area (Å²) in [6, 6.07) is 14.4. The quantitative estimate of drug-likeness (QED) is 0.205. The number of ether oxygens (including phenoxy) is 2. The highest BCUT2D eigenvalue weighted by atomic mass is 19.3. The van der Waals surface area contributed by atoms with E-state index >= 15 is 0 Å². The minimum atomic E-state index is -2.97. The molecule has 2 aromatic carbocycles. The molecule has 0 spiro atoms. The summed E-state index contributed by atoms with van der Waals surface area (Å²) in [5, 5.41) is 10.6. The number of halogens is 2. The molecular formula is C21H15F2NO6. The summed E-state index contributed by atoms with van der Waals surface area (Å²) >= 11 is 0. The first-order valence-electron chi connectivity index (χ1n) is 8.64. The van der Waals surface area contributed by atoms with Gasteiger partial charge in [0.1, 0.15) is 29.6 Å². The average Bonchev–Trinajstić information content (AvgIpc) is 3.18. The van der Waals surface area contributed by atoms with Gasteiger partial charge in [0, 0.05) is 17.7 Å². The number of nitrogens with zero attached hydrogens (tertiary/aromatic N) is 1. The summed E-state index contributed by atoms with van der Waals surface area (Å²) in [6.45, 7) is -2.88. The zero-order valence-electron chi connectivity index (χ0n) is 15.4. The monoisotopic (exact) mass is 415 g/mol. The van der Waals surface area contributed by atoms with Gasteiger partial charge < -0.3 is 13.9 Å². The van der Waals surface area contributed by atoms with Crippen LogP contribution in [-0.2, 0) is 6.61 Å². The van der Waals surface area contributed by atoms with E-state index in [2.05, 4.69) is 4.74 Å². The van der Waals surface area contributed by atoms with Gasteiger partial charge in [0.25, 0.3) is 5.69 Å². The number of hydrogen-bond donors (Lipinski definition) is 0. The first kappa shape index (κ1) is 20.7. The maximum Gasteiger partial charge on any atom is 0.387 e. The van der Waals surface area contributed by atoms with Crippen molar-refractivity contribution in [3.05, 3.63) is 93.9 Å². The van der Waals surface area contributed by atoms with Crippen LogP contribution >= 0.6 is 0 Å². The maximum atomic E-state index is 12.3. The summed E-state index contributed by atoms with van der Waals surface area (Å²) in [6.07, 6.45) is 2.69. The van der Waals surface area contributed by atoms with Gasteiger partial charge in [0.2, 0.25) is 0 Å². The highest BCUT2D eigenvalue weighted by Gasteiger charge is 2.09. The van der Waals surface area contributed by atoms with Crippen LogP contribution in [0.25, 0.3) is 6.08 Å². The fraction of sp³-hybridized carbons (Fsp3) is 0.0952. The first-order valence-corrected chi connectivity index (χ1v) is 8.64. The minimum Gasteiger partial charge on any atom is -0.486 e. The number of non-ortho nitro benzene ring substituents is 1. The molecule has 0 bridgehead atoms. The lowest BCUT2D eigenvalue weighted by molar-refractivity contribution is -0.384. The third-order valence-corrected chi connectivity index (χ3v) is 3.85. The van der Waals surface area contributed by atoms with Crippen LogP contribution in [0.3, 0.4) is 0 Å². The molecule has 0 atom stereocenters. The van der Waals surface area contributed by atoms with Crippen molar-refractivity contribution in [1.29, 1.82) is 0 Å². The van der Waals surface area contributed by atoms with Crippen LogP contribution in [0.1, 0.15) is 21.9 Å². The Kier molecular flexibility index (Phi) is 6.53. The summed E-state index contributed by atoms with van der Waals surface area (Å²) in [7, 11) is 0. The average molecular weight is 415 g/mol. The molecule has 0 saturated carbocycles. The second-order valence-electron chi connectivity index (χ2n) is 5.95. The standard InChI is InChI=1S/C21H15F2NO6/c22-21(23)30-18-3-1-2-14(12-18)20(25)11-10-17-8-9-19(29-17)13-28-16-6-4-15(5-7-16)24(26)27/h1-12,21H,13H2/b11-10+. The Hall–Kier alpha value is -4.01. The fourth-order valence-corrected chi connectivity index (χ4v) is 2.46. The van der Waals surface area contributed by atoms with Crippen molar-refractivity contribution in [3.63, 3.8) is 0 Å². The van der Waals surface area contributed by atoms with Crippen LogP contribution in [-0.4, -0.2) is 17.3 Å². The van der Waals surface area contributed by atoms with Crippen molar-refractivity contribution in [2.75, 3.05) is 0 Å². The van der Waals surface area contributed by atoms with Gasteiger partial charge in [-0.3, -0.25) is 14.9 Å². The fourth-order valence-electron chi connectivity index (χ4n) is 2.46. The van der Waals surface area contributed by atoms with Crippen molar-refractivity contribution in [2.45, 2.75) is 13.2 Å². The normalized spacial score (nSPS) is 11.0. The molecule has 9 heteroatoms. The number of furan rings is 1. The predicted molar refractivity (Wildman–Crippen MR) is 103 cm³/mol. The van der Waals surface area contributed by atoms with Crippen LogP contribution in [0.4, 0.5) is 14.5 Å². The number of rotatable bonds is 9. The third-order valence-electron chi connectivity index (χ3n) is 3.85. The van der Waals surface area contributed by atoms with Crippen LogP contribution in [0, 0.1) is 10.1 Å². The number of nitro groups is 1. The van der Waals surface area contributed by atoms with E-state index in [4.69, 9.17) is 9.15 Å². The van der Waals surface area contributed by atoms with Gasteiger partial charge in [-0.05, 0) is 48.6 Å². The zero-order valence-corrected chi connectivity index (χ0v) is 15.4. The molecule has 3 aromatic rings. The molecule has 30 heavy (non-hydrogen) atoms. The van der Waals surface area contributed by atoms with Crippen molar-refractivity contribution < 1.29 is 32.4 Å². The molecule has 0 unspecified atom stereocenters. The smallest absolute Gasteiger partial charge is 0.387 e. The summed E-state index contributed by atoms with van der Waals surface area (Å²) in [5.41, 5.74) is 0.154. The molecule has 1 heterocycles. The largest absolute Gasteiger partial charge is 0.486 e. The molecule has 1 aromatic heterocycles. The molecule has 0 aliphatic rings. The van der Waals surface area contributed by atoms with E-state index in [0.29, 0.717) is 17.3 Å². The van der Waals surface area contributed by atoms with E-state index in [1.165, 1.54) is 60.7 Å². The van der Waals surface area contributed by atoms with Gasteiger partial charge in [-0.1, -0.05) is 12.1 Å². The molecule has 0 amide bonds. The lowest BCUT2D eigenvalue weighted by Crippen LogP contribution is -2.03. The molecule has 0 aliphatic carbocycles. The molecular weight excluding hydrogens is 400 g/mol. The molecule has 0 N–H and O–H groups in total. The van der Waals surface area contributed by atoms with E-state index in [1.54, 1.807) is 12.1 Å². The summed E-state index contributed by atoms with van der Waals surface area (Å²) in [5.74, 6) is 0.802. The molecule has 0 aliphatic heterocycles. The van der Waals surface area contributed by atoms with Gasteiger partial charge >= 0.3 is 6.61 Å². The number of allylic oxidation sites excluding steroid dienone is 1. The third kappa shape index (κ3) is 5.74. The molecule has 0 saturated heterocycles. The second kappa shape index (κ2) is 9.46. The molecule has 0 fully saturated rings. The Bertz CT molecular complexity index is 1060. The van der Waals surface area contributed by atoms with E-state index in [1.807, 2.05) is 0 Å². The van der Waals surface area contributed by atoms with Crippen LogP contribution in [0.2, 0.25) is 0 Å². The molecule has 154 valence electrons. The number of carbonyl (C=O) groups excluding carboxylic acids is 1. The van der Waals surface area contributed by atoms with E-state index in [0.717, 1.165) is 0 Å². The number of alkyl halides is 2. The SMILES string of the molecule is O=C(/C=C/c1ccc(COc2ccc([N+](=O)[O-])cc2)o1)c1cccc(OC(F)F)c1. The lowest BCUT2D eigenvalue weighted by Gasteiger charge is -2.04. The van der Waals surface area contributed by atoms with Crippen molar-refractivity contribution in [2.24, 2.45) is 0 Å². The van der Waals surface area contributed by atoms with Gasteiger partial charge in [0.15, 0.2) is 5.78 Å². The van der Waals surface area contributed by atoms with Crippen molar-refractivity contribution in [3.8, 4) is 11.5 Å². The van der Waals surface area contributed by atoms with Gasteiger partial charge in [-0.25, -0.2) is 0 Å². The Labute approximate surface area is 169 Å². The lowest BCUT2D eigenvalue weighted by atomic mass is 10.1. The Morgan fingerprint density at radius 3 is 2.57 bits per heavy atom. The topological polar surface area (TPSA) is 91.8 Å². The van der Waals surface area contributed by atoms with Crippen LogP contribution in [0.5, 0.6) is 11.5 Å². The highest BCUT2D eigenvalue weighted by molar-refractivity contribution is 6.06. The van der Waals surface area contributed by atoms with Gasteiger partial charge in [-0.15, -0.1) is 0 Å². The van der Waals surface area contributed by atoms with Crippen LogP contribution < -0.4 is 9.47 Å². The Balaban J connectivity index is 1.57. The number of carbonyl (C=O) groups is 1. The zero-order chi connectivity index (χ0) is 21.5. The summed E-state index contributed by atoms with van der Waals surface area (Å²) < 4.78 is 39.9. The predicted octanol–water partition coefficient (Wildman–Crippen LogP) is 5.26. The number of benzene rings is 2. The van der Waals surface area contributed by atoms with Crippen LogP contribution in [0.15, 0.2) is 71.2 Å². The Morgan fingerprint density at radius 2 is 1.87 bits per heavy atom. The number of ketones is 1. The minimum absolute atomic E-state index is 0.0382. The molecule has 0 radical (unpaired) electrons. The Morgan fingerprint density at radius 1 is 1.10 bits per heavy atom. The first-order chi connectivity index (χ1) is 14.4. The van der Waals surface area contributed by atoms with E-state index < -0.39 is 17.3 Å². The van der Waals surface area contributed by atoms with E-state index in [-0.39, 0.29) is 23.6 Å². The highest BCUT2D eigenvalue weighted by Crippen LogP contribution is 2.20. The van der Waals surface area contributed by atoms with Crippen molar-refractivity contribution in [1.82, 2.24) is 0 Å². The summed E-state index contributed by atoms with van der Waals surface area (Å²) in [4.78, 5) is 22.3. The van der Waals surface area contributed by atoms with Gasteiger partial charge in [0.05, 0.1) is 4.92 Å². The van der Waals surface area contributed by atoms with Crippen molar-refractivity contribution >= 4 is 17.5 Å². The maximum absolute atomic E-state index is 12.3. The molecule has 7 nitrogen and oxygen atoms in total. The molecule has 3 rings (SSSR count). The number of hydrogen-bond acceptors (Lipinski definition) is 6. The van der Waals surface area contributed by atoms with Gasteiger partial charge in [-0.2, -0.15) is 8.78 Å². The number of nitro benzene ring substituents is 1. The van der Waals surface area contributed by atoms with E-state index in [9.17, 15) is 23.7 Å².